The summed E-state index contributed by atoms with van der Waals surface area (Å²) in [5.74, 6) is 1.24. The van der Waals surface area contributed by atoms with Gasteiger partial charge in [0.15, 0.2) is 11.8 Å². The molecular formula is C20H28N6O2. The van der Waals surface area contributed by atoms with Gasteiger partial charge in [-0.2, -0.15) is 0 Å². The Balaban J connectivity index is 1.55. The third-order valence-corrected chi connectivity index (χ3v) is 5.00. The standard InChI is InChI=1S/C20H28N6O2/c1-15-4-6-16(7-5-15)17(27)14-23-20(21-2)26-12-10-25(11-13-26)18-19(28)24(3)9-8-22-18/h4-9,17,27H,10-14H2,1-3H3,(H,21,23). The molecule has 0 aliphatic carbocycles. The zero-order chi connectivity index (χ0) is 20.1. The van der Waals surface area contributed by atoms with Gasteiger partial charge in [-0.3, -0.25) is 9.79 Å². The van der Waals surface area contributed by atoms with Crippen molar-refractivity contribution in [2.24, 2.45) is 12.0 Å². The van der Waals surface area contributed by atoms with E-state index in [0.717, 1.165) is 24.6 Å². The van der Waals surface area contributed by atoms with Gasteiger partial charge in [0.2, 0.25) is 0 Å². The molecule has 0 amide bonds. The Morgan fingerprint density at radius 1 is 1.25 bits per heavy atom. The summed E-state index contributed by atoms with van der Waals surface area (Å²) >= 11 is 0. The van der Waals surface area contributed by atoms with Crippen molar-refractivity contribution in [1.29, 1.82) is 0 Å². The SMILES string of the molecule is CN=C(NCC(O)c1ccc(C)cc1)N1CCN(c2nccn(C)c2=O)CC1. The van der Waals surface area contributed by atoms with E-state index in [1.807, 2.05) is 36.1 Å². The zero-order valence-corrected chi connectivity index (χ0v) is 16.7. The smallest absolute Gasteiger partial charge is 0.293 e. The van der Waals surface area contributed by atoms with Crippen molar-refractivity contribution in [2.45, 2.75) is 13.0 Å². The Labute approximate surface area is 165 Å². The number of nitrogens with one attached hydrogen (secondary N) is 1. The van der Waals surface area contributed by atoms with Crippen LogP contribution in [0.5, 0.6) is 0 Å². The number of aliphatic imine (C=N–C) groups is 1. The fourth-order valence-corrected chi connectivity index (χ4v) is 3.26. The van der Waals surface area contributed by atoms with Crippen LogP contribution in [-0.2, 0) is 7.05 Å². The molecule has 1 aliphatic heterocycles. The summed E-state index contributed by atoms with van der Waals surface area (Å²) in [5, 5.41) is 13.7. The number of benzene rings is 1. The van der Waals surface area contributed by atoms with Crippen LogP contribution < -0.4 is 15.8 Å². The van der Waals surface area contributed by atoms with Crippen molar-refractivity contribution in [3.63, 3.8) is 0 Å². The van der Waals surface area contributed by atoms with Crippen molar-refractivity contribution < 1.29 is 5.11 Å². The summed E-state index contributed by atoms with van der Waals surface area (Å²) in [7, 11) is 3.47. The van der Waals surface area contributed by atoms with E-state index in [0.29, 0.717) is 25.5 Å². The molecular weight excluding hydrogens is 356 g/mol. The number of hydrogen-bond acceptors (Lipinski definition) is 5. The number of rotatable bonds is 4. The second-order valence-electron chi connectivity index (χ2n) is 7.00. The first-order chi connectivity index (χ1) is 13.5. The number of hydrogen-bond donors (Lipinski definition) is 2. The summed E-state index contributed by atoms with van der Waals surface area (Å²) < 4.78 is 1.54. The number of aromatic nitrogens is 2. The maximum absolute atomic E-state index is 12.3. The van der Waals surface area contributed by atoms with Gasteiger partial charge < -0.3 is 24.8 Å². The van der Waals surface area contributed by atoms with Gasteiger partial charge in [-0.05, 0) is 12.5 Å². The Hall–Kier alpha value is -2.87. The molecule has 1 aliphatic rings. The van der Waals surface area contributed by atoms with Crippen LogP contribution in [0, 0.1) is 6.92 Å². The Kier molecular flexibility index (Phi) is 6.30. The normalized spacial score (nSPS) is 16.2. The third kappa shape index (κ3) is 4.51. The highest BCUT2D eigenvalue weighted by atomic mass is 16.3. The largest absolute Gasteiger partial charge is 0.387 e. The number of guanidine groups is 1. The zero-order valence-electron chi connectivity index (χ0n) is 16.7. The summed E-state index contributed by atoms with van der Waals surface area (Å²) in [6.07, 6.45) is 2.71. The molecule has 1 fully saturated rings. The first kappa shape index (κ1) is 19.9. The highest BCUT2D eigenvalue weighted by molar-refractivity contribution is 5.80. The first-order valence-electron chi connectivity index (χ1n) is 9.46. The number of piperazine rings is 1. The highest BCUT2D eigenvalue weighted by Gasteiger charge is 2.22. The van der Waals surface area contributed by atoms with Gasteiger partial charge in [-0.25, -0.2) is 4.98 Å². The van der Waals surface area contributed by atoms with E-state index < -0.39 is 6.10 Å². The van der Waals surface area contributed by atoms with Gasteiger partial charge >= 0.3 is 0 Å². The minimum atomic E-state index is -0.602. The molecule has 2 N–H and O–H groups in total. The predicted molar refractivity (Wildman–Crippen MR) is 111 cm³/mol. The summed E-state index contributed by atoms with van der Waals surface area (Å²) in [5.41, 5.74) is 1.96. The van der Waals surface area contributed by atoms with E-state index in [4.69, 9.17) is 0 Å². The Morgan fingerprint density at radius 3 is 2.57 bits per heavy atom. The number of aliphatic hydroxyl groups excluding tert-OH is 1. The molecule has 1 saturated heterocycles. The molecule has 0 saturated carbocycles. The molecule has 1 atom stereocenters. The summed E-state index contributed by atoms with van der Waals surface area (Å²) in [4.78, 5) is 25.0. The number of aliphatic hydroxyl groups is 1. The van der Waals surface area contributed by atoms with Gasteiger partial charge in [0, 0.05) is 59.2 Å². The van der Waals surface area contributed by atoms with Crippen molar-refractivity contribution >= 4 is 11.8 Å². The van der Waals surface area contributed by atoms with E-state index in [1.54, 1.807) is 31.1 Å². The van der Waals surface area contributed by atoms with Crippen LogP contribution in [0.4, 0.5) is 5.82 Å². The summed E-state index contributed by atoms with van der Waals surface area (Å²) in [6, 6.07) is 7.87. The highest BCUT2D eigenvalue weighted by Crippen LogP contribution is 2.13. The minimum absolute atomic E-state index is 0.0836. The van der Waals surface area contributed by atoms with Crippen molar-refractivity contribution in [3.8, 4) is 0 Å². The number of nitrogens with zero attached hydrogens (tertiary/aromatic N) is 5. The molecule has 28 heavy (non-hydrogen) atoms. The van der Waals surface area contributed by atoms with Crippen molar-refractivity contribution in [1.82, 2.24) is 19.8 Å². The van der Waals surface area contributed by atoms with E-state index in [-0.39, 0.29) is 5.56 Å². The lowest BCUT2D eigenvalue weighted by molar-refractivity contribution is 0.179. The van der Waals surface area contributed by atoms with Gasteiger partial charge in [-0.1, -0.05) is 29.8 Å². The molecule has 2 heterocycles. The second-order valence-corrected chi connectivity index (χ2v) is 7.00. The lowest BCUT2D eigenvalue weighted by Crippen LogP contribution is -2.54. The molecule has 8 heteroatoms. The van der Waals surface area contributed by atoms with E-state index >= 15 is 0 Å². The van der Waals surface area contributed by atoms with Crippen molar-refractivity contribution in [3.05, 3.63) is 58.1 Å². The van der Waals surface area contributed by atoms with Crippen LogP contribution in [0.25, 0.3) is 0 Å². The molecule has 1 aromatic heterocycles. The van der Waals surface area contributed by atoms with Crippen LogP contribution in [-0.4, -0.2) is 65.3 Å². The van der Waals surface area contributed by atoms with Crippen LogP contribution >= 0.6 is 0 Å². The van der Waals surface area contributed by atoms with Gasteiger partial charge in [0.25, 0.3) is 5.56 Å². The maximum atomic E-state index is 12.3. The molecule has 0 bridgehead atoms. The average molecular weight is 384 g/mol. The van der Waals surface area contributed by atoms with E-state index in [9.17, 15) is 9.90 Å². The summed E-state index contributed by atoms with van der Waals surface area (Å²) in [6.45, 7) is 5.23. The molecule has 2 aromatic rings. The Morgan fingerprint density at radius 2 is 1.93 bits per heavy atom. The topological polar surface area (TPSA) is 86.0 Å². The predicted octanol–water partition coefficient (Wildman–Crippen LogP) is 0.520. The van der Waals surface area contributed by atoms with Gasteiger partial charge in [0.05, 0.1) is 6.10 Å². The molecule has 3 rings (SSSR count). The lowest BCUT2D eigenvalue weighted by atomic mass is 10.1. The maximum Gasteiger partial charge on any atom is 0.293 e. The minimum Gasteiger partial charge on any atom is -0.387 e. The third-order valence-electron chi connectivity index (χ3n) is 5.00. The van der Waals surface area contributed by atoms with Crippen molar-refractivity contribution in [2.75, 3.05) is 44.7 Å². The lowest BCUT2D eigenvalue weighted by Gasteiger charge is -2.36. The quantitative estimate of drug-likeness (QED) is 0.591. The van der Waals surface area contributed by atoms with Gasteiger partial charge in [-0.15, -0.1) is 0 Å². The molecule has 0 spiro atoms. The van der Waals surface area contributed by atoms with E-state index in [1.165, 1.54) is 5.56 Å². The van der Waals surface area contributed by atoms with E-state index in [2.05, 4.69) is 20.2 Å². The second kappa shape index (κ2) is 8.88. The monoisotopic (exact) mass is 384 g/mol. The molecule has 150 valence electrons. The fourth-order valence-electron chi connectivity index (χ4n) is 3.26. The van der Waals surface area contributed by atoms with Crippen LogP contribution in [0.3, 0.4) is 0 Å². The molecule has 8 nitrogen and oxygen atoms in total. The average Bonchev–Trinajstić information content (AvgIpc) is 2.71. The number of aryl methyl sites for hydroxylation is 2. The molecule has 1 aromatic carbocycles. The Bertz CT molecular complexity index is 869. The molecule has 0 radical (unpaired) electrons. The first-order valence-corrected chi connectivity index (χ1v) is 9.46. The van der Waals surface area contributed by atoms with Gasteiger partial charge in [0.1, 0.15) is 0 Å². The number of anilines is 1. The fraction of sp³-hybridized carbons (Fsp3) is 0.450. The molecule has 1 unspecified atom stereocenters. The van der Waals surface area contributed by atoms with Crippen LogP contribution in [0.2, 0.25) is 0 Å². The van der Waals surface area contributed by atoms with Crippen LogP contribution in [0.1, 0.15) is 17.2 Å². The van der Waals surface area contributed by atoms with Crippen LogP contribution in [0.15, 0.2) is 46.4 Å².